The molecule has 2 rings (SSSR count). The minimum absolute atomic E-state index is 0.00264. The lowest BCUT2D eigenvalue weighted by Gasteiger charge is -2.29. The summed E-state index contributed by atoms with van der Waals surface area (Å²) < 4.78 is 26.5. The number of benzene rings is 1. The Morgan fingerprint density at radius 2 is 2.05 bits per heavy atom. The Hall–Kier alpha value is -1.69. The predicted octanol–water partition coefficient (Wildman–Crippen LogP) is 3.09. The molecular formula is C15H21F2N3O. The van der Waals surface area contributed by atoms with Crippen molar-refractivity contribution < 1.29 is 13.6 Å². The highest BCUT2D eigenvalue weighted by Gasteiger charge is 2.26. The largest absolute Gasteiger partial charge is 0.330 e. The average Bonchev–Trinajstić information content (AvgIpc) is 2.96. The fourth-order valence-corrected chi connectivity index (χ4v) is 2.71. The van der Waals surface area contributed by atoms with Gasteiger partial charge in [0.1, 0.15) is 11.6 Å². The zero-order valence-electron chi connectivity index (χ0n) is 11.9. The number of hydrogen-bond donors (Lipinski definition) is 2. The number of carbonyl (C=O) groups is 1. The van der Waals surface area contributed by atoms with Crippen LogP contribution >= 0.6 is 0 Å². The van der Waals surface area contributed by atoms with Crippen LogP contribution in [-0.4, -0.2) is 30.1 Å². The first-order valence-electron chi connectivity index (χ1n) is 7.34. The summed E-state index contributed by atoms with van der Waals surface area (Å²) in [5.74, 6) is -1.44. The second-order valence-electron chi connectivity index (χ2n) is 5.33. The van der Waals surface area contributed by atoms with Crippen LogP contribution in [0.15, 0.2) is 18.2 Å². The second-order valence-corrected chi connectivity index (χ2v) is 5.33. The Morgan fingerprint density at radius 1 is 1.33 bits per heavy atom. The van der Waals surface area contributed by atoms with Crippen LogP contribution in [0.2, 0.25) is 0 Å². The van der Waals surface area contributed by atoms with E-state index >= 15 is 0 Å². The summed E-state index contributed by atoms with van der Waals surface area (Å²) in [6, 6.07) is 2.95. The molecular weight excluding hydrogens is 276 g/mol. The normalized spacial score (nSPS) is 15.2. The number of rotatable bonds is 5. The molecule has 0 heterocycles. The van der Waals surface area contributed by atoms with E-state index in [-0.39, 0.29) is 17.8 Å². The van der Waals surface area contributed by atoms with Crippen molar-refractivity contribution in [1.29, 1.82) is 0 Å². The van der Waals surface area contributed by atoms with E-state index in [4.69, 9.17) is 5.73 Å². The number of nitrogens with zero attached hydrogens (tertiary/aromatic N) is 1. The van der Waals surface area contributed by atoms with Crippen LogP contribution in [0.4, 0.5) is 19.3 Å². The van der Waals surface area contributed by atoms with Crippen LogP contribution in [0, 0.1) is 11.6 Å². The van der Waals surface area contributed by atoms with Crippen molar-refractivity contribution in [3.63, 3.8) is 0 Å². The molecule has 1 aliphatic carbocycles. The van der Waals surface area contributed by atoms with Crippen molar-refractivity contribution in [2.75, 3.05) is 18.4 Å². The Bertz CT molecular complexity index is 490. The van der Waals surface area contributed by atoms with Crippen LogP contribution < -0.4 is 11.1 Å². The van der Waals surface area contributed by atoms with Gasteiger partial charge in [-0.1, -0.05) is 12.8 Å². The third-order valence-corrected chi connectivity index (χ3v) is 3.80. The van der Waals surface area contributed by atoms with Crippen LogP contribution in [0.5, 0.6) is 0 Å². The molecule has 1 saturated carbocycles. The van der Waals surface area contributed by atoms with E-state index in [1.54, 1.807) is 4.90 Å². The lowest BCUT2D eigenvalue weighted by molar-refractivity contribution is 0.188. The molecule has 0 saturated heterocycles. The van der Waals surface area contributed by atoms with Crippen LogP contribution in [0.1, 0.15) is 32.1 Å². The number of halogens is 2. The summed E-state index contributed by atoms with van der Waals surface area (Å²) >= 11 is 0. The van der Waals surface area contributed by atoms with Gasteiger partial charge in [-0.2, -0.15) is 0 Å². The Labute approximate surface area is 123 Å². The van der Waals surface area contributed by atoms with Gasteiger partial charge in [-0.05, 0) is 37.9 Å². The SMILES string of the molecule is NCCCN(C(=O)Nc1ccc(F)cc1F)C1CCCC1. The number of hydrogen-bond acceptors (Lipinski definition) is 2. The molecule has 0 spiro atoms. The molecule has 0 aromatic heterocycles. The van der Waals surface area contributed by atoms with Crippen molar-refractivity contribution in [3.05, 3.63) is 29.8 Å². The molecule has 0 bridgehead atoms. The number of urea groups is 1. The number of amides is 2. The summed E-state index contributed by atoms with van der Waals surface area (Å²) in [5, 5.41) is 2.53. The summed E-state index contributed by atoms with van der Waals surface area (Å²) in [6.07, 6.45) is 4.83. The van der Waals surface area contributed by atoms with Gasteiger partial charge in [0, 0.05) is 18.7 Å². The highest BCUT2D eigenvalue weighted by molar-refractivity contribution is 5.89. The van der Waals surface area contributed by atoms with Gasteiger partial charge in [-0.15, -0.1) is 0 Å². The fraction of sp³-hybridized carbons (Fsp3) is 0.533. The minimum Gasteiger partial charge on any atom is -0.330 e. The third kappa shape index (κ3) is 4.14. The van der Waals surface area contributed by atoms with Gasteiger partial charge >= 0.3 is 6.03 Å². The molecule has 4 nitrogen and oxygen atoms in total. The molecule has 0 atom stereocenters. The van der Waals surface area contributed by atoms with Crippen molar-refractivity contribution in [2.45, 2.75) is 38.1 Å². The van der Waals surface area contributed by atoms with Gasteiger partial charge in [0.05, 0.1) is 5.69 Å². The first-order chi connectivity index (χ1) is 10.1. The van der Waals surface area contributed by atoms with E-state index in [1.807, 2.05) is 0 Å². The molecule has 1 fully saturated rings. The van der Waals surface area contributed by atoms with E-state index < -0.39 is 11.6 Å². The lowest BCUT2D eigenvalue weighted by Crippen LogP contribution is -2.42. The molecule has 1 aromatic carbocycles. The zero-order chi connectivity index (χ0) is 15.2. The summed E-state index contributed by atoms with van der Waals surface area (Å²) in [7, 11) is 0. The highest BCUT2D eigenvalue weighted by atomic mass is 19.1. The minimum atomic E-state index is -0.770. The number of nitrogens with one attached hydrogen (secondary N) is 1. The highest BCUT2D eigenvalue weighted by Crippen LogP contribution is 2.25. The number of carbonyl (C=O) groups excluding carboxylic acids is 1. The quantitative estimate of drug-likeness (QED) is 0.877. The Morgan fingerprint density at radius 3 is 2.67 bits per heavy atom. The second kappa shape index (κ2) is 7.36. The van der Waals surface area contributed by atoms with Crippen molar-refractivity contribution in [2.24, 2.45) is 5.73 Å². The monoisotopic (exact) mass is 297 g/mol. The summed E-state index contributed by atoms with van der Waals surface area (Å²) in [4.78, 5) is 14.1. The van der Waals surface area contributed by atoms with Crippen molar-refractivity contribution in [3.8, 4) is 0 Å². The molecule has 1 aliphatic rings. The maximum absolute atomic E-state index is 13.6. The standard InChI is InChI=1S/C15H21F2N3O/c16-11-6-7-14(13(17)10-11)19-15(21)20(9-3-8-18)12-4-1-2-5-12/h6-7,10,12H,1-5,8-9,18H2,(H,19,21). The summed E-state index contributed by atoms with van der Waals surface area (Å²) in [6.45, 7) is 1.05. The van der Waals surface area contributed by atoms with E-state index in [1.165, 1.54) is 6.07 Å². The van der Waals surface area contributed by atoms with Gasteiger partial charge in [-0.25, -0.2) is 13.6 Å². The molecule has 0 radical (unpaired) electrons. The first kappa shape index (κ1) is 15.7. The van der Waals surface area contributed by atoms with Gasteiger partial charge in [-0.3, -0.25) is 0 Å². The van der Waals surface area contributed by atoms with Gasteiger partial charge < -0.3 is 16.0 Å². The van der Waals surface area contributed by atoms with Gasteiger partial charge in [0.25, 0.3) is 0 Å². The van der Waals surface area contributed by atoms with Crippen molar-refractivity contribution >= 4 is 11.7 Å². The summed E-state index contributed by atoms with van der Waals surface area (Å²) in [5.41, 5.74) is 5.51. The van der Waals surface area contributed by atoms with Crippen molar-refractivity contribution in [1.82, 2.24) is 4.90 Å². The molecule has 21 heavy (non-hydrogen) atoms. The average molecular weight is 297 g/mol. The Kier molecular flexibility index (Phi) is 5.50. The molecule has 0 aliphatic heterocycles. The van der Waals surface area contributed by atoms with Crippen LogP contribution in [0.25, 0.3) is 0 Å². The maximum Gasteiger partial charge on any atom is 0.322 e. The molecule has 2 amide bonds. The van der Waals surface area contributed by atoms with Gasteiger partial charge in [0.2, 0.25) is 0 Å². The molecule has 6 heteroatoms. The number of anilines is 1. The fourth-order valence-electron chi connectivity index (χ4n) is 2.71. The van der Waals surface area contributed by atoms with E-state index in [2.05, 4.69) is 5.32 Å². The maximum atomic E-state index is 13.6. The van der Waals surface area contributed by atoms with Gasteiger partial charge in [0.15, 0.2) is 0 Å². The molecule has 1 aromatic rings. The molecule has 3 N–H and O–H groups in total. The Balaban J connectivity index is 2.06. The van der Waals surface area contributed by atoms with Crippen LogP contribution in [-0.2, 0) is 0 Å². The molecule has 0 unspecified atom stereocenters. The molecule has 116 valence electrons. The zero-order valence-corrected chi connectivity index (χ0v) is 11.9. The first-order valence-corrected chi connectivity index (χ1v) is 7.34. The number of nitrogens with two attached hydrogens (primary N) is 1. The van der Waals surface area contributed by atoms with E-state index in [0.717, 1.165) is 37.8 Å². The third-order valence-electron chi connectivity index (χ3n) is 3.80. The smallest absolute Gasteiger partial charge is 0.322 e. The topological polar surface area (TPSA) is 58.4 Å². The lowest BCUT2D eigenvalue weighted by atomic mass is 10.2. The van der Waals surface area contributed by atoms with Crippen LogP contribution in [0.3, 0.4) is 0 Å². The van der Waals surface area contributed by atoms with E-state index in [0.29, 0.717) is 19.5 Å². The van der Waals surface area contributed by atoms with E-state index in [9.17, 15) is 13.6 Å². The predicted molar refractivity (Wildman–Crippen MR) is 78.0 cm³/mol.